The maximum Gasteiger partial charge on any atom is 0.105 e. The van der Waals surface area contributed by atoms with Gasteiger partial charge in [0.1, 0.15) is 6.10 Å². The Kier molecular flexibility index (Phi) is 4.01. The van der Waals surface area contributed by atoms with Gasteiger partial charge in [-0.1, -0.05) is 68.8 Å². The molecule has 0 heterocycles. The number of aliphatic hydroxyl groups is 1. The van der Waals surface area contributed by atoms with Crippen molar-refractivity contribution in [3.63, 3.8) is 0 Å². The molecule has 1 nitrogen and oxygen atoms in total. The lowest BCUT2D eigenvalue weighted by molar-refractivity contribution is 0.216. The van der Waals surface area contributed by atoms with Crippen molar-refractivity contribution in [2.45, 2.75) is 46.1 Å². The van der Waals surface area contributed by atoms with Crippen molar-refractivity contribution in [1.29, 1.82) is 0 Å². The van der Waals surface area contributed by atoms with Crippen LogP contribution in [0, 0.1) is 13.8 Å². The maximum absolute atomic E-state index is 10.8. The maximum atomic E-state index is 10.8. The molecule has 0 amide bonds. The molecule has 0 aliphatic carbocycles. The van der Waals surface area contributed by atoms with Crippen molar-refractivity contribution >= 4 is 0 Å². The van der Waals surface area contributed by atoms with E-state index in [2.05, 4.69) is 52.8 Å². The van der Waals surface area contributed by atoms with E-state index < -0.39 is 6.10 Å². The van der Waals surface area contributed by atoms with Crippen LogP contribution in [0.1, 0.15) is 54.7 Å². The molecule has 1 heteroatoms. The topological polar surface area (TPSA) is 20.2 Å². The number of aryl methyl sites for hydroxylation is 2. The second-order valence-electron chi connectivity index (χ2n) is 6.60. The van der Waals surface area contributed by atoms with E-state index in [9.17, 15) is 5.11 Å². The Morgan fingerprint density at radius 1 is 0.900 bits per heavy atom. The second-order valence-corrected chi connectivity index (χ2v) is 6.60. The highest BCUT2D eigenvalue weighted by Gasteiger charge is 2.22. The Balaban J connectivity index is 2.51. The molecular formula is C19H24O. The zero-order valence-electron chi connectivity index (χ0n) is 13.1. The molecule has 20 heavy (non-hydrogen) atoms. The first-order valence-corrected chi connectivity index (χ1v) is 7.15. The van der Waals surface area contributed by atoms with Crippen LogP contribution >= 0.6 is 0 Å². The minimum Gasteiger partial charge on any atom is -0.384 e. The highest BCUT2D eigenvalue weighted by Crippen LogP contribution is 2.33. The second kappa shape index (κ2) is 5.41. The quantitative estimate of drug-likeness (QED) is 0.838. The monoisotopic (exact) mass is 268 g/mol. The van der Waals surface area contributed by atoms with Crippen LogP contribution in [0.3, 0.4) is 0 Å². The van der Waals surface area contributed by atoms with Crippen LogP contribution < -0.4 is 0 Å². The third-order valence-electron chi connectivity index (χ3n) is 3.78. The van der Waals surface area contributed by atoms with Gasteiger partial charge in [-0.3, -0.25) is 0 Å². The van der Waals surface area contributed by atoms with Gasteiger partial charge in [-0.05, 0) is 41.5 Å². The molecule has 1 atom stereocenters. The van der Waals surface area contributed by atoms with Crippen LogP contribution in [-0.2, 0) is 5.41 Å². The van der Waals surface area contributed by atoms with Crippen molar-refractivity contribution in [2.24, 2.45) is 0 Å². The Hall–Kier alpha value is -1.60. The molecule has 0 aromatic heterocycles. The summed E-state index contributed by atoms with van der Waals surface area (Å²) in [4.78, 5) is 0. The van der Waals surface area contributed by atoms with Gasteiger partial charge in [-0.25, -0.2) is 0 Å². The lowest BCUT2D eigenvalue weighted by atomic mass is 9.81. The fraction of sp³-hybridized carbons (Fsp3) is 0.368. The number of aliphatic hydroxyl groups excluding tert-OH is 1. The van der Waals surface area contributed by atoms with Gasteiger partial charge in [0.15, 0.2) is 0 Å². The summed E-state index contributed by atoms with van der Waals surface area (Å²) in [5.41, 5.74) is 5.59. The minimum atomic E-state index is -0.564. The van der Waals surface area contributed by atoms with Crippen LogP contribution in [-0.4, -0.2) is 5.11 Å². The molecule has 2 aromatic carbocycles. The number of hydrogen-bond donors (Lipinski definition) is 1. The Morgan fingerprint density at radius 2 is 1.55 bits per heavy atom. The first-order valence-electron chi connectivity index (χ1n) is 7.15. The lowest BCUT2D eigenvalue weighted by Gasteiger charge is -2.26. The molecule has 0 saturated heterocycles. The molecular weight excluding hydrogens is 244 g/mol. The molecule has 0 aliphatic heterocycles. The predicted octanol–water partition coefficient (Wildman–Crippen LogP) is 4.68. The SMILES string of the molecule is Cc1ccc(C(O)c2ccccc2C(C)(C)C)c(C)c1. The van der Waals surface area contributed by atoms with E-state index in [0.29, 0.717) is 0 Å². The average molecular weight is 268 g/mol. The molecule has 0 bridgehead atoms. The van der Waals surface area contributed by atoms with Gasteiger partial charge in [0.05, 0.1) is 0 Å². The zero-order chi connectivity index (χ0) is 14.9. The fourth-order valence-corrected chi connectivity index (χ4v) is 2.72. The van der Waals surface area contributed by atoms with Gasteiger partial charge < -0.3 is 5.11 Å². The minimum absolute atomic E-state index is 0.0240. The molecule has 1 unspecified atom stereocenters. The van der Waals surface area contributed by atoms with Crippen LogP contribution in [0.5, 0.6) is 0 Å². The summed E-state index contributed by atoms with van der Waals surface area (Å²) in [6.07, 6.45) is -0.564. The van der Waals surface area contributed by atoms with Gasteiger partial charge in [0.25, 0.3) is 0 Å². The van der Waals surface area contributed by atoms with Crippen molar-refractivity contribution in [3.05, 3.63) is 70.3 Å². The average Bonchev–Trinajstić information content (AvgIpc) is 2.37. The highest BCUT2D eigenvalue weighted by molar-refractivity contribution is 5.42. The van der Waals surface area contributed by atoms with Crippen molar-refractivity contribution in [3.8, 4) is 0 Å². The van der Waals surface area contributed by atoms with E-state index in [1.54, 1.807) is 0 Å². The zero-order valence-corrected chi connectivity index (χ0v) is 13.1. The Bertz CT molecular complexity index is 605. The molecule has 2 rings (SSSR count). The summed E-state index contributed by atoms with van der Waals surface area (Å²) < 4.78 is 0. The summed E-state index contributed by atoms with van der Waals surface area (Å²) in [5.74, 6) is 0. The summed E-state index contributed by atoms with van der Waals surface area (Å²) in [7, 11) is 0. The smallest absolute Gasteiger partial charge is 0.105 e. The number of hydrogen-bond acceptors (Lipinski definition) is 1. The predicted molar refractivity (Wildman–Crippen MR) is 85.1 cm³/mol. The molecule has 0 spiro atoms. The van der Waals surface area contributed by atoms with Gasteiger partial charge in [-0.2, -0.15) is 0 Å². The molecule has 0 aliphatic rings. The van der Waals surface area contributed by atoms with Crippen LogP contribution in [0.4, 0.5) is 0 Å². The van der Waals surface area contributed by atoms with Crippen molar-refractivity contribution in [1.82, 2.24) is 0 Å². The third-order valence-corrected chi connectivity index (χ3v) is 3.78. The Labute approximate surface area is 122 Å². The van der Waals surface area contributed by atoms with Crippen molar-refractivity contribution in [2.75, 3.05) is 0 Å². The van der Waals surface area contributed by atoms with Crippen LogP contribution in [0.15, 0.2) is 42.5 Å². The standard InChI is InChI=1S/C19H24O/c1-13-10-11-15(14(2)12-13)18(20)16-8-6-7-9-17(16)19(3,4)5/h6-12,18,20H,1-5H3. The van der Waals surface area contributed by atoms with Gasteiger partial charge in [-0.15, -0.1) is 0 Å². The van der Waals surface area contributed by atoms with E-state index in [1.807, 2.05) is 24.3 Å². The fourth-order valence-electron chi connectivity index (χ4n) is 2.72. The summed E-state index contributed by atoms with van der Waals surface area (Å²) in [6.45, 7) is 10.7. The molecule has 0 saturated carbocycles. The first-order chi connectivity index (χ1) is 9.30. The van der Waals surface area contributed by atoms with E-state index in [1.165, 1.54) is 11.1 Å². The largest absolute Gasteiger partial charge is 0.384 e. The van der Waals surface area contributed by atoms with E-state index >= 15 is 0 Å². The van der Waals surface area contributed by atoms with Crippen LogP contribution in [0.2, 0.25) is 0 Å². The normalized spacial score (nSPS) is 13.3. The van der Waals surface area contributed by atoms with E-state index in [-0.39, 0.29) is 5.41 Å². The van der Waals surface area contributed by atoms with E-state index in [0.717, 1.165) is 16.7 Å². The van der Waals surface area contributed by atoms with Gasteiger partial charge >= 0.3 is 0 Å². The molecule has 2 aromatic rings. The molecule has 106 valence electrons. The van der Waals surface area contributed by atoms with Gasteiger partial charge in [0.2, 0.25) is 0 Å². The van der Waals surface area contributed by atoms with Gasteiger partial charge in [0, 0.05) is 0 Å². The summed E-state index contributed by atoms with van der Waals surface area (Å²) in [6, 6.07) is 14.4. The van der Waals surface area contributed by atoms with Crippen molar-refractivity contribution < 1.29 is 5.11 Å². The molecule has 0 fully saturated rings. The number of benzene rings is 2. The van der Waals surface area contributed by atoms with E-state index in [4.69, 9.17) is 0 Å². The summed E-state index contributed by atoms with van der Waals surface area (Å²) >= 11 is 0. The van der Waals surface area contributed by atoms with Crippen LogP contribution in [0.25, 0.3) is 0 Å². The Morgan fingerprint density at radius 3 is 2.15 bits per heavy atom. The first kappa shape index (κ1) is 14.8. The number of rotatable bonds is 2. The summed E-state index contributed by atoms with van der Waals surface area (Å²) in [5, 5.41) is 10.8. The highest BCUT2D eigenvalue weighted by atomic mass is 16.3. The lowest BCUT2D eigenvalue weighted by Crippen LogP contribution is -2.16. The molecule has 1 N–H and O–H groups in total. The third kappa shape index (κ3) is 2.94. The molecule has 0 radical (unpaired) electrons.